The third-order valence-corrected chi connectivity index (χ3v) is 4.65. The minimum absolute atomic E-state index is 0.0455. The number of nitrogens with one attached hydrogen (secondary N) is 2. The van der Waals surface area contributed by atoms with E-state index in [9.17, 15) is 9.90 Å². The molecule has 4 nitrogen and oxygen atoms in total. The van der Waals surface area contributed by atoms with Gasteiger partial charge in [-0.3, -0.25) is 4.79 Å². The van der Waals surface area contributed by atoms with E-state index in [0.717, 1.165) is 40.7 Å². The number of aryl methyl sites for hydroxylation is 1. The number of hydrogen-bond acceptors (Lipinski definition) is 3. The first-order valence-corrected chi connectivity index (χ1v) is 8.71. The Kier molecular flexibility index (Phi) is 5.08. The first-order valence-electron chi connectivity index (χ1n) is 8.71. The predicted molar refractivity (Wildman–Crippen MR) is 101 cm³/mol. The average molecular weight is 336 g/mol. The second-order valence-corrected chi connectivity index (χ2v) is 6.41. The number of hydrogen-bond donors (Lipinski definition) is 3. The van der Waals surface area contributed by atoms with Crippen LogP contribution in [0.3, 0.4) is 0 Å². The summed E-state index contributed by atoms with van der Waals surface area (Å²) in [6.45, 7) is 5.25. The van der Waals surface area contributed by atoms with Crippen molar-refractivity contribution < 1.29 is 9.90 Å². The summed E-state index contributed by atoms with van der Waals surface area (Å²) >= 11 is 0. The molecule has 2 aromatic rings. The Morgan fingerprint density at radius 2 is 1.60 bits per heavy atom. The van der Waals surface area contributed by atoms with Crippen molar-refractivity contribution in [3.05, 3.63) is 65.0 Å². The second-order valence-electron chi connectivity index (χ2n) is 6.41. The SMILES string of the molecule is Cc1ccc(-c2ccccc2)c(C)c1/C1=C(\O)NCCCCNC1=O. The van der Waals surface area contributed by atoms with Crippen LogP contribution in [0.1, 0.15) is 29.5 Å². The van der Waals surface area contributed by atoms with Gasteiger partial charge in [0.2, 0.25) is 0 Å². The Morgan fingerprint density at radius 3 is 2.32 bits per heavy atom. The molecule has 0 spiro atoms. The molecule has 0 radical (unpaired) electrons. The number of aliphatic hydroxyl groups is 1. The topological polar surface area (TPSA) is 61.4 Å². The first kappa shape index (κ1) is 17.1. The maximum Gasteiger partial charge on any atom is 0.257 e. The van der Waals surface area contributed by atoms with Crippen molar-refractivity contribution in [1.29, 1.82) is 0 Å². The Morgan fingerprint density at radius 1 is 0.920 bits per heavy atom. The molecule has 0 bridgehead atoms. The van der Waals surface area contributed by atoms with Crippen LogP contribution in [0.5, 0.6) is 0 Å². The Balaban J connectivity index is 2.17. The van der Waals surface area contributed by atoms with Gasteiger partial charge in [0.05, 0.1) is 0 Å². The van der Waals surface area contributed by atoms with Crippen LogP contribution in [0.25, 0.3) is 16.7 Å². The quantitative estimate of drug-likeness (QED) is 0.784. The van der Waals surface area contributed by atoms with Crippen LogP contribution in [0, 0.1) is 13.8 Å². The molecule has 0 aromatic heterocycles. The Labute approximate surface area is 148 Å². The van der Waals surface area contributed by atoms with Crippen molar-refractivity contribution in [3.8, 4) is 11.1 Å². The van der Waals surface area contributed by atoms with Crippen molar-refractivity contribution in [1.82, 2.24) is 10.6 Å². The lowest BCUT2D eigenvalue weighted by Crippen LogP contribution is -2.27. The molecular weight excluding hydrogens is 312 g/mol. The molecule has 0 saturated carbocycles. The zero-order valence-electron chi connectivity index (χ0n) is 14.7. The highest BCUT2D eigenvalue weighted by molar-refractivity contribution is 6.21. The van der Waals surface area contributed by atoms with E-state index in [4.69, 9.17) is 0 Å². The van der Waals surface area contributed by atoms with Gasteiger partial charge in [0, 0.05) is 13.1 Å². The molecule has 3 N–H and O–H groups in total. The molecule has 1 heterocycles. The molecule has 25 heavy (non-hydrogen) atoms. The molecular formula is C21H24N2O2. The summed E-state index contributed by atoms with van der Waals surface area (Å²) < 4.78 is 0. The lowest BCUT2D eigenvalue weighted by atomic mass is 9.89. The van der Waals surface area contributed by atoms with Crippen LogP contribution in [0.4, 0.5) is 0 Å². The van der Waals surface area contributed by atoms with Gasteiger partial charge in [-0.2, -0.15) is 0 Å². The van der Waals surface area contributed by atoms with Crippen LogP contribution in [0.2, 0.25) is 0 Å². The largest absolute Gasteiger partial charge is 0.494 e. The van der Waals surface area contributed by atoms with Crippen LogP contribution >= 0.6 is 0 Å². The molecule has 1 aliphatic rings. The highest BCUT2D eigenvalue weighted by atomic mass is 16.3. The molecule has 1 amide bonds. The number of aliphatic hydroxyl groups excluding tert-OH is 1. The lowest BCUT2D eigenvalue weighted by Gasteiger charge is -2.18. The van der Waals surface area contributed by atoms with E-state index in [0.29, 0.717) is 18.7 Å². The molecule has 0 aliphatic carbocycles. The number of amides is 1. The second kappa shape index (κ2) is 7.43. The summed E-state index contributed by atoms with van der Waals surface area (Å²) in [5, 5.41) is 16.5. The van der Waals surface area contributed by atoms with Gasteiger partial charge in [-0.25, -0.2) is 0 Å². The predicted octanol–water partition coefficient (Wildman–Crippen LogP) is 3.70. The summed E-state index contributed by atoms with van der Waals surface area (Å²) in [6, 6.07) is 14.2. The van der Waals surface area contributed by atoms with E-state index >= 15 is 0 Å². The van der Waals surface area contributed by atoms with Crippen molar-refractivity contribution in [2.45, 2.75) is 26.7 Å². The highest BCUT2D eigenvalue weighted by Crippen LogP contribution is 2.32. The fraction of sp³-hybridized carbons (Fsp3) is 0.286. The van der Waals surface area contributed by atoms with Crippen molar-refractivity contribution >= 4 is 11.5 Å². The first-order chi connectivity index (χ1) is 12.1. The summed E-state index contributed by atoms with van der Waals surface area (Å²) in [6.07, 6.45) is 1.79. The summed E-state index contributed by atoms with van der Waals surface area (Å²) in [5.41, 5.74) is 5.24. The van der Waals surface area contributed by atoms with Crippen LogP contribution in [0.15, 0.2) is 48.3 Å². The van der Waals surface area contributed by atoms with Gasteiger partial charge in [0.15, 0.2) is 5.88 Å². The van der Waals surface area contributed by atoms with Gasteiger partial charge in [-0.1, -0.05) is 42.5 Å². The Bertz CT molecular complexity index is 810. The third kappa shape index (κ3) is 3.53. The van der Waals surface area contributed by atoms with Crippen molar-refractivity contribution in [3.63, 3.8) is 0 Å². The molecule has 1 aliphatic heterocycles. The summed E-state index contributed by atoms with van der Waals surface area (Å²) in [4.78, 5) is 12.7. The van der Waals surface area contributed by atoms with Gasteiger partial charge in [0.1, 0.15) is 5.57 Å². The highest BCUT2D eigenvalue weighted by Gasteiger charge is 2.23. The minimum Gasteiger partial charge on any atom is -0.494 e. The zero-order valence-corrected chi connectivity index (χ0v) is 14.7. The van der Waals surface area contributed by atoms with E-state index in [1.165, 1.54) is 0 Å². The van der Waals surface area contributed by atoms with Crippen molar-refractivity contribution in [2.75, 3.05) is 13.1 Å². The number of benzene rings is 2. The van der Waals surface area contributed by atoms with Crippen molar-refractivity contribution in [2.24, 2.45) is 0 Å². The lowest BCUT2D eigenvalue weighted by molar-refractivity contribution is -0.115. The number of carbonyl (C=O) groups excluding carboxylic acids is 1. The number of rotatable bonds is 2. The Hall–Kier alpha value is -2.75. The van der Waals surface area contributed by atoms with Crippen LogP contribution in [-0.2, 0) is 4.79 Å². The van der Waals surface area contributed by atoms with Gasteiger partial charge >= 0.3 is 0 Å². The molecule has 3 rings (SSSR count). The molecule has 0 unspecified atom stereocenters. The molecule has 0 atom stereocenters. The summed E-state index contributed by atoms with van der Waals surface area (Å²) in [5.74, 6) is -0.279. The van der Waals surface area contributed by atoms with Crippen LogP contribution < -0.4 is 10.6 Å². The van der Waals surface area contributed by atoms with Gasteiger partial charge < -0.3 is 15.7 Å². The molecule has 0 saturated heterocycles. The van der Waals surface area contributed by atoms with E-state index < -0.39 is 0 Å². The third-order valence-electron chi connectivity index (χ3n) is 4.65. The maximum absolute atomic E-state index is 12.7. The van der Waals surface area contributed by atoms with E-state index in [1.807, 2.05) is 38.1 Å². The maximum atomic E-state index is 12.7. The molecule has 2 aromatic carbocycles. The molecule has 130 valence electrons. The van der Waals surface area contributed by atoms with E-state index in [2.05, 4.69) is 28.8 Å². The smallest absolute Gasteiger partial charge is 0.257 e. The normalized spacial score (nSPS) is 18.6. The minimum atomic E-state index is -0.233. The van der Waals surface area contributed by atoms with E-state index in [-0.39, 0.29) is 11.8 Å². The molecule has 4 heteroatoms. The monoisotopic (exact) mass is 336 g/mol. The molecule has 0 fully saturated rings. The van der Waals surface area contributed by atoms with Crippen LogP contribution in [-0.4, -0.2) is 24.1 Å². The van der Waals surface area contributed by atoms with E-state index in [1.54, 1.807) is 0 Å². The fourth-order valence-electron chi connectivity index (χ4n) is 3.34. The fourth-order valence-corrected chi connectivity index (χ4v) is 3.34. The van der Waals surface area contributed by atoms with Gasteiger partial charge in [0.25, 0.3) is 5.91 Å². The summed E-state index contributed by atoms with van der Waals surface area (Å²) in [7, 11) is 0. The van der Waals surface area contributed by atoms with Gasteiger partial charge in [-0.15, -0.1) is 0 Å². The van der Waals surface area contributed by atoms with Gasteiger partial charge in [-0.05, 0) is 54.5 Å². The zero-order chi connectivity index (χ0) is 17.8. The average Bonchev–Trinajstić information content (AvgIpc) is 2.68. The standard InChI is InChI=1S/C21H24N2O2/c1-14-10-11-17(16-8-4-3-5-9-16)15(2)18(14)19-20(24)22-12-6-7-13-23-21(19)25/h3-5,8-11,22,24H,6-7,12-13H2,1-2H3,(H,23,25)/b20-19+. The number of carbonyl (C=O) groups is 1.